The summed E-state index contributed by atoms with van der Waals surface area (Å²) in [4.78, 5) is 10.7. The topological polar surface area (TPSA) is 120 Å². The molecule has 2 unspecified atom stereocenters. The van der Waals surface area contributed by atoms with Gasteiger partial charge in [0.15, 0.2) is 29.3 Å². The second kappa shape index (κ2) is 16.7. The molecule has 0 radical (unpaired) electrons. The van der Waals surface area contributed by atoms with Crippen LogP contribution in [0.5, 0.6) is 23.0 Å². The first-order valence-corrected chi connectivity index (χ1v) is 14.6. The van der Waals surface area contributed by atoms with Gasteiger partial charge >= 0.3 is 0 Å². The van der Waals surface area contributed by atoms with Gasteiger partial charge in [-0.25, -0.2) is 0 Å². The van der Waals surface area contributed by atoms with Crippen LogP contribution in [0.4, 0.5) is 0 Å². The molecule has 2 atom stereocenters. The van der Waals surface area contributed by atoms with Crippen molar-refractivity contribution in [2.75, 3.05) is 41.7 Å². The van der Waals surface area contributed by atoms with Crippen LogP contribution in [-0.2, 0) is 25.1 Å². The number of aldehydes is 1. The molecule has 1 fully saturated rings. The van der Waals surface area contributed by atoms with E-state index in [2.05, 4.69) is 26.0 Å². The molecule has 0 aromatic heterocycles. The first-order chi connectivity index (χ1) is 20.6. The third-order valence-corrected chi connectivity index (χ3v) is 8.29. The van der Waals surface area contributed by atoms with Crippen molar-refractivity contribution in [2.24, 2.45) is 11.8 Å². The number of benzene rings is 2. The lowest BCUT2D eigenvalue weighted by Gasteiger charge is -2.32. The average Bonchev–Trinajstić information content (AvgIpc) is 3.55. The van der Waals surface area contributed by atoms with Crippen LogP contribution in [0.2, 0.25) is 0 Å². The van der Waals surface area contributed by atoms with E-state index in [0.717, 1.165) is 17.4 Å². The smallest absolute Gasteiger partial charge is 0.161 e. The lowest BCUT2D eigenvalue weighted by molar-refractivity contribution is -0.108. The molecule has 2 aromatic rings. The van der Waals surface area contributed by atoms with Gasteiger partial charge in [-0.2, -0.15) is 10.5 Å². The number of hydrogen-bond acceptors (Lipinski definition) is 9. The lowest BCUT2D eigenvalue weighted by Crippen LogP contribution is -2.32. The fourth-order valence-corrected chi connectivity index (χ4v) is 5.47. The average molecular weight is 595 g/mol. The molecule has 1 aliphatic rings. The first kappa shape index (κ1) is 35.4. The molecule has 234 valence electrons. The van der Waals surface area contributed by atoms with E-state index in [1.54, 1.807) is 34.5 Å². The lowest BCUT2D eigenvalue weighted by atomic mass is 9.69. The van der Waals surface area contributed by atoms with Crippen LogP contribution in [0.1, 0.15) is 64.5 Å². The summed E-state index contributed by atoms with van der Waals surface area (Å²) >= 11 is 0. The second-order valence-electron chi connectivity index (χ2n) is 11.0. The molecule has 3 rings (SSSR count). The van der Waals surface area contributed by atoms with Gasteiger partial charge < -0.3 is 33.2 Å². The van der Waals surface area contributed by atoms with Gasteiger partial charge in [0.2, 0.25) is 0 Å². The minimum absolute atomic E-state index is 0.0885. The fraction of sp³-hybridized carbons (Fsp3) is 0.559. The van der Waals surface area contributed by atoms with Crippen molar-refractivity contribution in [1.29, 1.82) is 10.5 Å². The molecule has 0 aliphatic carbocycles. The SMILES string of the molecule is COc1ccc(C(C#N)(CCC2OCCO2)C(C)C)cc1OC.COc1ccc(C(C#N)(CCC=O)C(C)C)cc1OC. The van der Waals surface area contributed by atoms with Crippen molar-refractivity contribution in [2.45, 2.75) is 70.5 Å². The molecule has 0 spiro atoms. The number of hydrogen-bond donors (Lipinski definition) is 0. The summed E-state index contributed by atoms with van der Waals surface area (Å²) < 4.78 is 32.2. The van der Waals surface area contributed by atoms with Gasteiger partial charge in [0.05, 0.1) is 64.6 Å². The van der Waals surface area contributed by atoms with Gasteiger partial charge in [0.1, 0.15) is 6.29 Å². The number of nitriles is 2. The second-order valence-corrected chi connectivity index (χ2v) is 11.0. The molecule has 0 saturated carbocycles. The van der Waals surface area contributed by atoms with E-state index in [0.29, 0.717) is 61.9 Å². The molecule has 1 heterocycles. The zero-order chi connectivity index (χ0) is 32.0. The first-order valence-electron chi connectivity index (χ1n) is 14.6. The van der Waals surface area contributed by atoms with Crippen molar-refractivity contribution in [3.8, 4) is 35.1 Å². The minimum atomic E-state index is -0.694. The van der Waals surface area contributed by atoms with Gasteiger partial charge in [-0.1, -0.05) is 39.8 Å². The van der Waals surface area contributed by atoms with Gasteiger partial charge in [-0.05, 0) is 60.1 Å². The Kier molecular flexibility index (Phi) is 13.8. The zero-order valence-electron chi connectivity index (χ0n) is 26.8. The summed E-state index contributed by atoms with van der Waals surface area (Å²) in [5, 5.41) is 19.6. The number of carbonyl (C=O) groups excluding carboxylic acids is 1. The molecule has 43 heavy (non-hydrogen) atoms. The Morgan fingerprint density at radius 1 is 0.767 bits per heavy atom. The summed E-state index contributed by atoms with van der Waals surface area (Å²) in [6, 6.07) is 16.1. The molecule has 9 nitrogen and oxygen atoms in total. The Balaban J connectivity index is 0.000000304. The summed E-state index contributed by atoms with van der Waals surface area (Å²) in [7, 11) is 6.35. The number of nitrogens with zero attached hydrogens (tertiary/aromatic N) is 2. The number of rotatable bonds is 14. The van der Waals surface area contributed by atoms with Crippen LogP contribution in [-0.4, -0.2) is 54.2 Å². The van der Waals surface area contributed by atoms with Gasteiger partial charge in [-0.15, -0.1) is 0 Å². The molecule has 0 N–H and O–H groups in total. The Morgan fingerprint density at radius 2 is 1.19 bits per heavy atom. The van der Waals surface area contributed by atoms with E-state index in [9.17, 15) is 15.3 Å². The number of carbonyl (C=O) groups is 1. The predicted octanol–water partition coefficient (Wildman–Crippen LogP) is 6.37. The summed E-state index contributed by atoms with van der Waals surface area (Å²) in [5.74, 6) is 2.75. The third kappa shape index (κ3) is 8.19. The maximum Gasteiger partial charge on any atom is 0.161 e. The van der Waals surface area contributed by atoms with Crippen LogP contribution in [0, 0.1) is 34.5 Å². The van der Waals surface area contributed by atoms with Gasteiger partial charge in [0.25, 0.3) is 0 Å². The monoisotopic (exact) mass is 594 g/mol. The number of methoxy groups -OCH3 is 4. The molecule has 1 saturated heterocycles. The van der Waals surface area contributed by atoms with E-state index >= 15 is 0 Å². The molecule has 0 amide bonds. The molecule has 2 aromatic carbocycles. The Labute approximate surface area is 256 Å². The van der Waals surface area contributed by atoms with E-state index in [1.807, 2.05) is 44.2 Å². The standard InChI is InChI=1S/C18H25NO4.C16H21NO3/c1-13(2)18(12-19,8-7-17-22-9-10-23-17)14-5-6-15(20-3)16(11-14)21-4;1-12(2)16(11-17,8-5-9-18)13-6-7-14(19-3)15(10-13)20-4/h5-6,11,13,17H,7-10H2,1-4H3;6-7,9-10,12H,5,8H2,1-4H3. The largest absolute Gasteiger partial charge is 0.493 e. The van der Waals surface area contributed by atoms with Crippen molar-refractivity contribution in [3.05, 3.63) is 47.5 Å². The molecule has 0 bridgehead atoms. The minimum Gasteiger partial charge on any atom is -0.493 e. The molecular formula is C34H46N2O7. The van der Waals surface area contributed by atoms with Crippen molar-refractivity contribution in [3.63, 3.8) is 0 Å². The highest BCUT2D eigenvalue weighted by molar-refractivity contribution is 5.52. The maximum absolute atomic E-state index is 10.7. The Bertz CT molecular complexity index is 1260. The van der Waals surface area contributed by atoms with Crippen molar-refractivity contribution >= 4 is 6.29 Å². The van der Waals surface area contributed by atoms with Crippen molar-refractivity contribution < 1.29 is 33.2 Å². The van der Waals surface area contributed by atoms with Crippen LogP contribution in [0.3, 0.4) is 0 Å². The molecular weight excluding hydrogens is 548 g/mol. The molecule has 9 heteroatoms. The van der Waals surface area contributed by atoms with E-state index in [-0.39, 0.29) is 18.1 Å². The zero-order valence-corrected chi connectivity index (χ0v) is 26.8. The normalized spacial score (nSPS) is 15.7. The Morgan fingerprint density at radius 3 is 1.53 bits per heavy atom. The molecule has 1 aliphatic heterocycles. The predicted molar refractivity (Wildman–Crippen MR) is 164 cm³/mol. The summed E-state index contributed by atoms with van der Waals surface area (Å²) in [6.07, 6.45) is 2.87. The highest BCUT2D eigenvalue weighted by Crippen LogP contribution is 2.42. The van der Waals surface area contributed by atoms with Crippen LogP contribution in [0.15, 0.2) is 36.4 Å². The summed E-state index contributed by atoms with van der Waals surface area (Å²) in [5.41, 5.74) is 0.482. The van der Waals surface area contributed by atoms with Crippen molar-refractivity contribution in [1.82, 2.24) is 0 Å². The Hall–Kier alpha value is -3.79. The van der Waals surface area contributed by atoms with E-state index in [4.69, 9.17) is 28.4 Å². The quantitative estimate of drug-likeness (QED) is 0.230. The van der Waals surface area contributed by atoms with Gasteiger partial charge in [-0.3, -0.25) is 0 Å². The number of ether oxygens (including phenoxy) is 6. The van der Waals surface area contributed by atoms with Crippen LogP contribution >= 0.6 is 0 Å². The van der Waals surface area contributed by atoms with E-state index in [1.165, 1.54) is 0 Å². The van der Waals surface area contributed by atoms with Crippen LogP contribution in [0.25, 0.3) is 0 Å². The third-order valence-electron chi connectivity index (χ3n) is 8.29. The van der Waals surface area contributed by atoms with Crippen LogP contribution < -0.4 is 18.9 Å². The van der Waals surface area contributed by atoms with Gasteiger partial charge in [0, 0.05) is 12.8 Å². The fourth-order valence-electron chi connectivity index (χ4n) is 5.47. The summed E-state index contributed by atoms with van der Waals surface area (Å²) in [6.45, 7) is 9.37. The highest BCUT2D eigenvalue weighted by Gasteiger charge is 2.38. The maximum atomic E-state index is 10.7. The highest BCUT2D eigenvalue weighted by atomic mass is 16.7. The van der Waals surface area contributed by atoms with E-state index < -0.39 is 10.8 Å².